The molecule has 3 N–H and O–H groups in total. The first-order valence-corrected chi connectivity index (χ1v) is 9.13. The Labute approximate surface area is 162 Å². The summed E-state index contributed by atoms with van der Waals surface area (Å²) in [4.78, 5) is 17.0. The van der Waals surface area contributed by atoms with Gasteiger partial charge in [0.05, 0.1) is 12.6 Å². The number of carbonyl (C=O) groups excluding carboxylic acids is 1. The molecule has 140 valence electrons. The molecule has 0 aliphatic carbocycles. The summed E-state index contributed by atoms with van der Waals surface area (Å²) in [5.41, 5.74) is 11.3. The molecule has 3 aromatic rings. The van der Waals surface area contributed by atoms with Crippen LogP contribution in [0.2, 0.25) is 0 Å². The van der Waals surface area contributed by atoms with Gasteiger partial charge in [0.2, 0.25) is 0 Å². The van der Waals surface area contributed by atoms with Crippen molar-refractivity contribution >= 4 is 12.1 Å². The third-order valence-corrected chi connectivity index (χ3v) is 4.89. The quantitative estimate of drug-likeness (QED) is 0.713. The van der Waals surface area contributed by atoms with Gasteiger partial charge in [-0.05, 0) is 58.1 Å². The van der Waals surface area contributed by atoms with Crippen molar-refractivity contribution in [3.8, 4) is 11.1 Å². The van der Waals surface area contributed by atoms with Crippen LogP contribution in [0.1, 0.15) is 33.1 Å². The number of benzene rings is 3. The highest BCUT2D eigenvalue weighted by Crippen LogP contribution is 2.25. The molecule has 4 rings (SSSR count). The van der Waals surface area contributed by atoms with Crippen LogP contribution in [0.25, 0.3) is 11.1 Å². The summed E-state index contributed by atoms with van der Waals surface area (Å²) in [7, 11) is 0. The van der Waals surface area contributed by atoms with Gasteiger partial charge in [0, 0.05) is 18.3 Å². The Balaban J connectivity index is 1.57. The Morgan fingerprint density at radius 3 is 2.71 bits per heavy atom. The minimum absolute atomic E-state index is 0.180. The lowest BCUT2D eigenvalue weighted by Gasteiger charge is -2.18. The van der Waals surface area contributed by atoms with Crippen molar-refractivity contribution in [3.63, 3.8) is 0 Å². The molecular formula is C23H20FN3O. The first-order chi connectivity index (χ1) is 13.6. The predicted molar refractivity (Wildman–Crippen MR) is 109 cm³/mol. The molecule has 0 aromatic heterocycles. The van der Waals surface area contributed by atoms with Crippen molar-refractivity contribution in [2.75, 3.05) is 6.54 Å². The van der Waals surface area contributed by atoms with Crippen molar-refractivity contribution in [2.45, 2.75) is 12.6 Å². The highest BCUT2D eigenvalue weighted by atomic mass is 19.1. The van der Waals surface area contributed by atoms with E-state index in [1.807, 2.05) is 30.5 Å². The van der Waals surface area contributed by atoms with E-state index in [9.17, 15) is 9.18 Å². The van der Waals surface area contributed by atoms with Crippen molar-refractivity contribution in [3.05, 3.63) is 94.8 Å². The molecule has 0 radical (unpaired) electrons. The standard InChI is InChI=1S/C23H20FN3O/c24-21-6-2-4-17(11-21)22(12-25)27-23(28)18-5-1-3-15(9-18)16-7-8-19-13-26-14-20(19)10-16/h1-11,14,22H,12-13,25H2,(H,27,28). The van der Waals surface area contributed by atoms with Crippen molar-refractivity contribution in [2.24, 2.45) is 10.7 Å². The summed E-state index contributed by atoms with van der Waals surface area (Å²) in [6, 6.07) is 19.3. The molecule has 1 aliphatic heterocycles. The molecular weight excluding hydrogens is 353 g/mol. The highest BCUT2D eigenvalue weighted by molar-refractivity contribution is 5.96. The lowest BCUT2D eigenvalue weighted by molar-refractivity contribution is 0.0938. The lowest BCUT2D eigenvalue weighted by Crippen LogP contribution is -2.33. The number of aliphatic imine (C=N–C) groups is 1. The van der Waals surface area contributed by atoms with Gasteiger partial charge in [0.15, 0.2) is 0 Å². The van der Waals surface area contributed by atoms with E-state index in [0.29, 0.717) is 11.1 Å². The first kappa shape index (κ1) is 18.1. The topological polar surface area (TPSA) is 67.5 Å². The zero-order valence-electron chi connectivity index (χ0n) is 15.2. The third kappa shape index (κ3) is 3.70. The molecule has 1 heterocycles. The zero-order valence-corrected chi connectivity index (χ0v) is 15.2. The smallest absolute Gasteiger partial charge is 0.251 e. The maximum absolute atomic E-state index is 13.5. The number of fused-ring (bicyclic) bond motifs is 1. The van der Waals surface area contributed by atoms with Gasteiger partial charge in [-0.25, -0.2) is 4.39 Å². The second-order valence-electron chi connectivity index (χ2n) is 6.78. The SMILES string of the molecule is NCC(NC(=O)c1cccc(-c2ccc3c(c2)C=NC3)c1)c1cccc(F)c1. The third-order valence-electron chi connectivity index (χ3n) is 4.89. The molecule has 28 heavy (non-hydrogen) atoms. The minimum atomic E-state index is -0.455. The van der Waals surface area contributed by atoms with Crippen molar-refractivity contribution in [1.82, 2.24) is 5.32 Å². The van der Waals surface area contributed by atoms with E-state index < -0.39 is 6.04 Å². The van der Waals surface area contributed by atoms with E-state index in [1.54, 1.807) is 18.2 Å². The summed E-state index contributed by atoms with van der Waals surface area (Å²) in [5, 5.41) is 2.90. The second-order valence-corrected chi connectivity index (χ2v) is 6.78. The summed E-state index contributed by atoms with van der Waals surface area (Å²) < 4.78 is 13.5. The van der Waals surface area contributed by atoms with Crippen LogP contribution in [0.4, 0.5) is 4.39 Å². The minimum Gasteiger partial charge on any atom is -0.344 e. The number of hydrogen-bond acceptors (Lipinski definition) is 3. The number of halogens is 1. The van der Waals surface area contributed by atoms with Crippen LogP contribution in [0, 0.1) is 5.82 Å². The number of amides is 1. The number of rotatable bonds is 5. The fraction of sp³-hybridized carbons (Fsp3) is 0.130. The van der Waals surface area contributed by atoms with Crippen LogP contribution >= 0.6 is 0 Å². The van der Waals surface area contributed by atoms with Gasteiger partial charge in [-0.1, -0.05) is 36.4 Å². The van der Waals surface area contributed by atoms with E-state index in [2.05, 4.69) is 22.4 Å². The molecule has 0 spiro atoms. The van der Waals surface area contributed by atoms with Gasteiger partial charge in [0.1, 0.15) is 5.82 Å². The van der Waals surface area contributed by atoms with Gasteiger partial charge in [0.25, 0.3) is 5.91 Å². The Kier molecular flexibility index (Phi) is 5.00. The van der Waals surface area contributed by atoms with Gasteiger partial charge in [-0.2, -0.15) is 0 Å². The van der Waals surface area contributed by atoms with E-state index >= 15 is 0 Å². The molecule has 1 amide bonds. The zero-order chi connectivity index (χ0) is 19.5. The van der Waals surface area contributed by atoms with Crippen molar-refractivity contribution < 1.29 is 9.18 Å². The number of nitrogens with zero attached hydrogens (tertiary/aromatic N) is 1. The summed E-state index contributed by atoms with van der Waals surface area (Å²) in [6.45, 7) is 0.900. The van der Waals surface area contributed by atoms with Gasteiger partial charge in [-0.3, -0.25) is 9.79 Å². The average Bonchev–Trinajstić information content (AvgIpc) is 3.20. The lowest BCUT2D eigenvalue weighted by atomic mass is 9.98. The Hall–Kier alpha value is -3.31. The highest BCUT2D eigenvalue weighted by Gasteiger charge is 2.16. The number of hydrogen-bond donors (Lipinski definition) is 2. The molecule has 1 aliphatic rings. The second kappa shape index (κ2) is 7.74. The number of nitrogens with one attached hydrogen (secondary N) is 1. The molecule has 1 unspecified atom stereocenters. The van der Waals surface area contributed by atoms with Crippen LogP contribution in [-0.2, 0) is 6.54 Å². The van der Waals surface area contributed by atoms with Gasteiger partial charge < -0.3 is 11.1 Å². The monoisotopic (exact) mass is 373 g/mol. The Bertz CT molecular complexity index is 1060. The molecule has 5 heteroatoms. The average molecular weight is 373 g/mol. The fourth-order valence-corrected chi connectivity index (χ4v) is 3.36. The maximum atomic E-state index is 13.5. The predicted octanol–water partition coefficient (Wildman–Crippen LogP) is 3.86. The Morgan fingerprint density at radius 2 is 1.89 bits per heavy atom. The first-order valence-electron chi connectivity index (χ1n) is 9.13. The van der Waals surface area contributed by atoms with Crippen LogP contribution in [0.5, 0.6) is 0 Å². The molecule has 0 saturated carbocycles. The Morgan fingerprint density at radius 1 is 1.07 bits per heavy atom. The van der Waals surface area contributed by atoms with Crippen LogP contribution in [0.15, 0.2) is 71.7 Å². The summed E-state index contributed by atoms with van der Waals surface area (Å²) in [6.07, 6.45) is 1.88. The fourth-order valence-electron chi connectivity index (χ4n) is 3.36. The summed E-state index contributed by atoms with van der Waals surface area (Å²) in [5.74, 6) is -0.600. The van der Waals surface area contributed by atoms with Gasteiger partial charge in [-0.15, -0.1) is 0 Å². The molecule has 0 saturated heterocycles. The molecule has 0 bridgehead atoms. The van der Waals surface area contributed by atoms with Crippen molar-refractivity contribution in [1.29, 1.82) is 0 Å². The van der Waals surface area contributed by atoms with E-state index in [1.165, 1.54) is 17.7 Å². The van der Waals surface area contributed by atoms with Crippen LogP contribution in [-0.4, -0.2) is 18.7 Å². The molecule has 3 aromatic carbocycles. The molecule has 1 atom stereocenters. The number of carbonyl (C=O) groups is 1. The number of nitrogens with two attached hydrogens (primary N) is 1. The largest absolute Gasteiger partial charge is 0.344 e. The molecule has 4 nitrogen and oxygen atoms in total. The van der Waals surface area contributed by atoms with E-state index in [-0.39, 0.29) is 18.3 Å². The van der Waals surface area contributed by atoms with Gasteiger partial charge >= 0.3 is 0 Å². The maximum Gasteiger partial charge on any atom is 0.251 e. The summed E-state index contributed by atoms with van der Waals surface area (Å²) >= 11 is 0. The van der Waals surface area contributed by atoms with E-state index in [4.69, 9.17) is 5.73 Å². The van der Waals surface area contributed by atoms with Crippen LogP contribution < -0.4 is 11.1 Å². The van der Waals surface area contributed by atoms with E-state index in [0.717, 1.165) is 23.2 Å². The van der Waals surface area contributed by atoms with Crippen LogP contribution in [0.3, 0.4) is 0 Å². The normalized spacial score (nSPS) is 13.2. The molecule has 0 fully saturated rings.